The summed E-state index contributed by atoms with van der Waals surface area (Å²) in [6, 6.07) is 16.1. The van der Waals surface area contributed by atoms with Crippen LogP contribution < -0.4 is 5.43 Å². The second kappa shape index (κ2) is 7.14. The van der Waals surface area contributed by atoms with Crippen LogP contribution in [0, 0.1) is 13.8 Å². The van der Waals surface area contributed by atoms with Crippen LogP contribution in [0.15, 0.2) is 59.7 Å². The number of nitrogens with zero attached hydrogens (tertiary/aromatic N) is 2. The second-order valence-corrected chi connectivity index (χ2v) is 5.87. The molecule has 0 aliphatic heterocycles. The van der Waals surface area contributed by atoms with Crippen molar-refractivity contribution in [3.63, 3.8) is 0 Å². The Morgan fingerprint density at radius 3 is 2.54 bits per heavy atom. The normalized spacial score (nSPS) is 11.0. The fourth-order valence-corrected chi connectivity index (χ4v) is 2.84. The van der Waals surface area contributed by atoms with Crippen molar-refractivity contribution in [2.24, 2.45) is 5.10 Å². The van der Waals surface area contributed by atoms with Gasteiger partial charge in [0, 0.05) is 22.6 Å². The quantitative estimate of drug-likeness (QED) is 0.384. The molecule has 0 saturated carbocycles. The zero-order valence-electron chi connectivity index (χ0n) is 14.5. The molecule has 132 valence electrons. The monoisotopic (exact) mass is 349 g/mol. The highest BCUT2D eigenvalue weighted by Crippen LogP contribution is 2.26. The highest BCUT2D eigenvalue weighted by Gasteiger charge is 2.16. The Bertz CT molecular complexity index is 975. The smallest absolute Gasteiger partial charge is 0.273 e. The number of rotatable bonds is 4. The van der Waals surface area contributed by atoms with Gasteiger partial charge in [0.1, 0.15) is 0 Å². The SMILES string of the molecule is Cc1cc(C(=O)N/N=C/c2cccc(O)c2O)c(C)n1-c1ccccc1. The van der Waals surface area contributed by atoms with Crippen LogP contribution in [0.4, 0.5) is 0 Å². The highest BCUT2D eigenvalue weighted by atomic mass is 16.3. The van der Waals surface area contributed by atoms with Gasteiger partial charge in [0.25, 0.3) is 5.91 Å². The molecule has 0 fully saturated rings. The maximum absolute atomic E-state index is 12.5. The number of hydrogen-bond donors (Lipinski definition) is 3. The van der Waals surface area contributed by atoms with Gasteiger partial charge in [-0.05, 0) is 44.2 Å². The maximum Gasteiger partial charge on any atom is 0.273 e. The van der Waals surface area contributed by atoms with Gasteiger partial charge in [-0.2, -0.15) is 5.10 Å². The number of amides is 1. The summed E-state index contributed by atoms with van der Waals surface area (Å²) in [5.41, 5.74) is 6.00. The van der Waals surface area contributed by atoms with E-state index in [1.807, 2.05) is 48.7 Å². The third-order valence-electron chi connectivity index (χ3n) is 4.11. The van der Waals surface area contributed by atoms with E-state index in [1.54, 1.807) is 18.2 Å². The van der Waals surface area contributed by atoms with Gasteiger partial charge in [0.15, 0.2) is 11.5 Å². The van der Waals surface area contributed by atoms with Crippen molar-refractivity contribution >= 4 is 12.1 Å². The Morgan fingerprint density at radius 2 is 1.81 bits per heavy atom. The summed E-state index contributed by atoms with van der Waals surface area (Å²) in [4.78, 5) is 12.5. The molecule has 0 saturated heterocycles. The predicted molar refractivity (Wildman–Crippen MR) is 100 cm³/mol. The van der Waals surface area contributed by atoms with Gasteiger partial charge >= 0.3 is 0 Å². The third-order valence-corrected chi connectivity index (χ3v) is 4.11. The average Bonchev–Trinajstić information content (AvgIpc) is 2.93. The van der Waals surface area contributed by atoms with Gasteiger partial charge in [-0.1, -0.05) is 24.3 Å². The lowest BCUT2D eigenvalue weighted by Gasteiger charge is -2.09. The molecule has 3 N–H and O–H groups in total. The fraction of sp³-hybridized carbons (Fsp3) is 0.100. The molecule has 0 aliphatic rings. The number of aromatic hydroxyl groups is 2. The first-order valence-electron chi connectivity index (χ1n) is 8.07. The molecule has 2 aromatic carbocycles. The Morgan fingerprint density at radius 1 is 1.08 bits per heavy atom. The van der Waals surface area contributed by atoms with Crippen LogP contribution in [0.25, 0.3) is 5.69 Å². The average molecular weight is 349 g/mol. The summed E-state index contributed by atoms with van der Waals surface area (Å²) in [7, 11) is 0. The van der Waals surface area contributed by atoms with Gasteiger partial charge in [-0.3, -0.25) is 4.79 Å². The Kier molecular flexibility index (Phi) is 4.75. The zero-order valence-corrected chi connectivity index (χ0v) is 14.5. The van der Waals surface area contributed by atoms with Crippen LogP contribution in [0.5, 0.6) is 11.5 Å². The van der Waals surface area contributed by atoms with Crippen molar-refractivity contribution < 1.29 is 15.0 Å². The number of carbonyl (C=O) groups is 1. The molecular formula is C20H19N3O3. The minimum atomic E-state index is -0.351. The van der Waals surface area contributed by atoms with E-state index in [2.05, 4.69) is 10.5 Å². The van der Waals surface area contributed by atoms with Crippen LogP contribution in [0.1, 0.15) is 27.3 Å². The van der Waals surface area contributed by atoms with Gasteiger partial charge in [-0.25, -0.2) is 5.43 Å². The van der Waals surface area contributed by atoms with Crippen LogP contribution in [-0.4, -0.2) is 26.9 Å². The summed E-state index contributed by atoms with van der Waals surface area (Å²) in [6.07, 6.45) is 1.28. The van der Waals surface area contributed by atoms with E-state index in [9.17, 15) is 15.0 Å². The summed E-state index contributed by atoms with van der Waals surface area (Å²) in [6.45, 7) is 3.81. The topological polar surface area (TPSA) is 86.8 Å². The second-order valence-electron chi connectivity index (χ2n) is 5.87. The molecule has 3 aromatic rings. The number of carbonyl (C=O) groups excluding carboxylic acids is 1. The molecule has 0 atom stereocenters. The molecule has 6 heteroatoms. The molecule has 0 spiro atoms. The van der Waals surface area contributed by atoms with Gasteiger partial charge in [0.2, 0.25) is 0 Å². The number of phenols is 2. The lowest BCUT2D eigenvalue weighted by Crippen LogP contribution is -2.18. The molecule has 1 heterocycles. The summed E-state index contributed by atoms with van der Waals surface area (Å²) in [5, 5.41) is 23.1. The fourth-order valence-electron chi connectivity index (χ4n) is 2.84. The number of nitrogens with one attached hydrogen (secondary N) is 1. The number of hydrogen-bond acceptors (Lipinski definition) is 4. The van der Waals surface area contributed by atoms with E-state index in [-0.39, 0.29) is 17.4 Å². The molecule has 6 nitrogen and oxygen atoms in total. The number of aryl methyl sites for hydroxylation is 1. The van der Waals surface area contributed by atoms with Gasteiger partial charge in [0.05, 0.1) is 11.8 Å². The Balaban J connectivity index is 1.81. The van der Waals surface area contributed by atoms with Crippen LogP contribution in [-0.2, 0) is 0 Å². The Hall–Kier alpha value is -3.54. The molecule has 26 heavy (non-hydrogen) atoms. The molecule has 0 bridgehead atoms. The molecule has 1 amide bonds. The van der Waals surface area contributed by atoms with Crippen LogP contribution >= 0.6 is 0 Å². The van der Waals surface area contributed by atoms with Crippen molar-refractivity contribution in [1.82, 2.24) is 9.99 Å². The number of para-hydroxylation sites is 2. The van der Waals surface area contributed by atoms with E-state index >= 15 is 0 Å². The largest absolute Gasteiger partial charge is 0.504 e. The van der Waals surface area contributed by atoms with Crippen LogP contribution in [0.3, 0.4) is 0 Å². The molecular weight excluding hydrogens is 330 g/mol. The molecule has 1 aromatic heterocycles. The lowest BCUT2D eigenvalue weighted by atomic mass is 10.2. The van der Waals surface area contributed by atoms with Crippen LogP contribution in [0.2, 0.25) is 0 Å². The third kappa shape index (κ3) is 3.30. The minimum absolute atomic E-state index is 0.244. The van der Waals surface area contributed by atoms with Gasteiger partial charge < -0.3 is 14.8 Å². The van der Waals surface area contributed by atoms with E-state index in [4.69, 9.17) is 0 Å². The first-order valence-corrected chi connectivity index (χ1v) is 8.07. The van der Waals surface area contributed by atoms with Gasteiger partial charge in [-0.15, -0.1) is 0 Å². The van der Waals surface area contributed by atoms with Crippen molar-refractivity contribution in [2.45, 2.75) is 13.8 Å². The van der Waals surface area contributed by atoms with Crippen molar-refractivity contribution in [1.29, 1.82) is 0 Å². The number of hydrazone groups is 1. The summed E-state index contributed by atoms with van der Waals surface area (Å²) < 4.78 is 2.00. The maximum atomic E-state index is 12.5. The molecule has 0 unspecified atom stereocenters. The molecule has 0 aliphatic carbocycles. The zero-order chi connectivity index (χ0) is 18.7. The van der Waals surface area contributed by atoms with E-state index in [1.165, 1.54) is 12.3 Å². The van der Waals surface area contributed by atoms with Crippen molar-refractivity contribution in [2.75, 3.05) is 0 Å². The van der Waals surface area contributed by atoms with E-state index in [0.29, 0.717) is 11.1 Å². The van der Waals surface area contributed by atoms with Crippen molar-refractivity contribution in [3.8, 4) is 17.2 Å². The molecule has 3 rings (SSSR count). The predicted octanol–water partition coefficient (Wildman–Crippen LogP) is 3.27. The van der Waals surface area contributed by atoms with E-state index in [0.717, 1.165) is 17.1 Å². The number of phenolic OH excluding ortho intramolecular Hbond substituents is 2. The summed E-state index contributed by atoms with van der Waals surface area (Å²) >= 11 is 0. The lowest BCUT2D eigenvalue weighted by molar-refractivity contribution is 0.0954. The van der Waals surface area contributed by atoms with E-state index < -0.39 is 0 Å². The van der Waals surface area contributed by atoms with Crippen molar-refractivity contribution in [3.05, 3.63) is 77.1 Å². The standard InChI is InChI=1S/C20H19N3O3/c1-13-11-17(14(2)23(13)16-8-4-3-5-9-16)20(26)22-21-12-15-7-6-10-18(24)19(15)25/h3-12,24-25H,1-2H3,(H,22,26)/b21-12+. The first kappa shape index (κ1) is 17.3. The summed E-state index contributed by atoms with van der Waals surface area (Å²) in [5.74, 6) is -0.879. The Labute approximate surface area is 151 Å². The highest BCUT2D eigenvalue weighted by molar-refractivity contribution is 5.96. The number of benzene rings is 2. The molecule has 0 radical (unpaired) electrons. The minimum Gasteiger partial charge on any atom is -0.504 e. The number of aromatic nitrogens is 1. The first-order chi connectivity index (χ1) is 12.5.